The zero-order valence-electron chi connectivity index (χ0n) is 18.0. The summed E-state index contributed by atoms with van der Waals surface area (Å²) in [6, 6.07) is 9.46. The summed E-state index contributed by atoms with van der Waals surface area (Å²) in [7, 11) is 0. The first-order chi connectivity index (χ1) is 15.7. The fourth-order valence-corrected chi connectivity index (χ4v) is 5.37. The van der Waals surface area contributed by atoms with E-state index in [-0.39, 0.29) is 17.2 Å². The lowest BCUT2D eigenvalue weighted by molar-refractivity contribution is 0.134. The number of nitrogens with one attached hydrogen (secondary N) is 1. The lowest BCUT2D eigenvalue weighted by atomic mass is 10.0. The van der Waals surface area contributed by atoms with Crippen LogP contribution < -0.4 is 16.4 Å². The third-order valence-electron chi connectivity index (χ3n) is 7.10. The summed E-state index contributed by atoms with van der Waals surface area (Å²) in [5, 5.41) is 4.61. The van der Waals surface area contributed by atoms with Gasteiger partial charge in [-0.2, -0.15) is 0 Å². The number of hydrogen-bond acceptors (Lipinski definition) is 6. The van der Waals surface area contributed by atoms with Gasteiger partial charge in [-0.3, -0.25) is 23.7 Å². The van der Waals surface area contributed by atoms with Gasteiger partial charge in [0.05, 0.1) is 24.9 Å². The molecular weight excluding hydrogens is 406 g/mol. The van der Waals surface area contributed by atoms with E-state index in [0.29, 0.717) is 25.8 Å². The molecule has 166 valence electrons. The first-order valence-electron chi connectivity index (χ1n) is 11.4. The zero-order chi connectivity index (χ0) is 21.7. The molecule has 8 heteroatoms. The maximum Gasteiger partial charge on any atom is 0.252 e. The van der Waals surface area contributed by atoms with E-state index in [0.717, 1.165) is 55.7 Å². The van der Waals surface area contributed by atoms with Crippen LogP contribution >= 0.6 is 0 Å². The highest BCUT2D eigenvalue weighted by atomic mass is 16.5. The molecule has 32 heavy (non-hydrogen) atoms. The molecule has 0 radical (unpaired) electrons. The summed E-state index contributed by atoms with van der Waals surface area (Å²) in [5.74, 6) is 0. The number of aromatic nitrogens is 3. The predicted octanol–water partition coefficient (Wildman–Crippen LogP) is 1.40. The molecule has 1 atom stereocenters. The molecule has 6 heterocycles. The van der Waals surface area contributed by atoms with Crippen molar-refractivity contribution in [1.82, 2.24) is 24.3 Å². The molecule has 3 aromatic heterocycles. The molecule has 0 aliphatic carbocycles. The summed E-state index contributed by atoms with van der Waals surface area (Å²) < 4.78 is 9.06. The predicted molar refractivity (Wildman–Crippen MR) is 121 cm³/mol. The second-order valence-corrected chi connectivity index (χ2v) is 9.15. The third-order valence-corrected chi connectivity index (χ3v) is 7.10. The largest absolute Gasteiger partial charge is 0.372 e. The van der Waals surface area contributed by atoms with E-state index in [1.807, 2.05) is 22.9 Å². The van der Waals surface area contributed by atoms with Crippen LogP contribution in [-0.4, -0.2) is 44.7 Å². The monoisotopic (exact) mass is 433 g/mol. The Hall–Kier alpha value is -2.81. The first-order valence-corrected chi connectivity index (χ1v) is 11.4. The molecule has 6 rings (SSSR count). The molecule has 3 aromatic rings. The van der Waals surface area contributed by atoms with Gasteiger partial charge >= 0.3 is 0 Å². The molecule has 0 spiro atoms. The van der Waals surface area contributed by atoms with Crippen molar-refractivity contribution in [1.29, 1.82) is 0 Å². The molecule has 0 unspecified atom stereocenters. The van der Waals surface area contributed by atoms with Crippen LogP contribution in [0.1, 0.15) is 35.7 Å². The number of nitrogens with zero attached hydrogens (tertiary/aromatic N) is 4. The Labute approximate surface area is 185 Å². The van der Waals surface area contributed by atoms with E-state index < -0.39 is 0 Å². The Morgan fingerprint density at radius 1 is 1.03 bits per heavy atom. The molecular formula is C24H27N5O3. The van der Waals surface area contributed by atoms with E-state index in [1.54, 1.807) is 16.7 Å². The summed E-state index contributed by atoms with van der Waals surface area (Å²) in [6.45, 7) is 5.47. The van der Waals surface area contributed by atoms with Gasteiger partial charge in [0.2, 0.25) is 0 Å². The highest BCUT2D eigenvalue weighted by Crippen LogP contribution is 2.25. The molecule has 1 fully saturated rings. The number of piperidine rings is 1. The average Bonchev–Trinajstić information content (AvgIpc) is 3.43. The van der Waals surface area contributed by atoms with Gasteiger partial charge in [0.15, 0.2) is 0 Å². The summed E-state index contributed by atoms with van der Waals surface area (Å²) in [6.07, 6.45) is 4.06. The Kier molecular flexibility index (Phi) is 4.93. The third kappa shape index (κ3) is 3.48. The van der Waals surface area contributed by atoms with Gasteiger partial charge < -0.3 is 15.0 Å². The standard InChI is InChI=1S/C24H27N5O3/c30-22-3-1-16-2-4-23(31)29-21(13-28(22)24(16)29)12-27-7-5-19(6-8-27)26-11-20-9-17-14-32-15-18(17)10-25-20/h1-4,9-10,19,21,26H,5-8,11-15H2/t21-/m1/s1. The van der Waals surface area contributed by atoms with Gasteiger partial charge in [-0.25, -0.2) is 0 Å². The molecule has 3 aliphatic heterocycles. The van der Waals surface area contributed by atoms with Crippen molar-refractivity contribution in [2.75, 3.05) is 19.6 Å². The minimum absolute atomic E-state index is 0.00337. The van der Waals surface area contributed by atoms with Crippen LogP contribution in [0.2, 0.25) is 0 Å². The van der Waals surface area contributed by atoms with Crippen LogP contribution in [0, 0.1) is 0 Å². The highest BCUT2D eigenvalue weighted by Gasteiger charge is 2.29. The minimum atomic E-state index is -0.0333. The SMILES string of the molecule is O=c1ccc2ccc(=O)n3c2n1C[C@H]3CN1CCC(NCc2cc3c(cn2)COC3)CC1. The Morgan fingerprint density at radius 3 is 2.66 bits per heavy atom. The normalized spacial score (nSPS) is 20.8. The average molecular weight is 434 g/mol. The van der Waals surface area contributed by atoms with Gasteiger partial charge in [-0.1, -0.05) is 0 Å². The van der Waals surface area contributed by atoms with Crippen LogP contribution in [-0.2, 0) is 31.0 Å². The van der Waals surface area contributed by atoms with E-state index in [1.165, 1.54) is 11.1 Å². The Bertz CT molecular complexity index is 1280. The highest BCUT2D eigenvalue weighted by molar-refractivity contribution is 5.76. The Balaban J connectivity index is 1.07. The van der Waals surface area contributed by atoms with Crippen molar-refractivity contribution in [3.8, 4) is 0 Å². The molecule has 8 nitrogen and oxygen atoms in total. The number of rotatable bonds is 5. The first kappa shape index (κ1) is 19.8. The number of likely N-dealkylation sites (tertiary alicyclic amines) is 1. The smallest absolute Gasteiger partial charge is 0.252 e. The van der Waals surface area contributed by atoms with E-state index in [2.05, 4.69) is 21.3 Å². The Morgan fingerprint density at radius 2 is 1.81 bits per heavy atom. The van der Waals surface area contributed by atoms with Gasteiger partial charge in [0.1, 0.15) is 5.65 Å². The van der Waals surface area contributed by atoms with Crippen molar-refractivity contribution in [3.63, 3.8) is 0 Å². The fourth-order valence-electron chi connectivity index (χ4n) is 5.37. The molecule has 0 saturated carbocycles. The number of pyridine rings is 3. The van der Waals surface area contributed by atoms with Crippen molar-refractivity contribution in [2.24, 2.45) is 0 Å². The minimum Gasteiger partial charge on any atom is -0.372 e. The molecule has 0 aromatic carbocycles. The summed E-state index contributed by atoms with van der Waals surface area (Å²) in [5.41, 5.74) is 4.23. The molecule has 0 bridgehead atoms. The molecule has 3 aliphatic rings. The topological polar surface area (TPSA) is 81.4 Å². The summed E-state index contributed by atoms with van der Waals surface area (Å²) in [4.78, 5) is 31.9. The van der Waals surface area contributed by atoms with Crippen LogP contribution in [0.5, 0.6) is 0 Å². The fraction of sp³-hybridized carbons (Fsp3) is 0.458. The van der Waals surface area contributed by atoms with E-state index in [4.69, 9.17) is 4.74 Å². The van der Waals surface area contributed by atoms with Crippen molar-refractivity contribution >= 4 is 11.0 Å². The maximum atomic E-state index is 12.6. The van der Waals surface area contributed by atoms with Crippen molar-refractivity contribution in [2.45, 2.75) is 51.2 Å². The van der Waals surface area contributed by atoms with E-state index in [9.17, 15) is 9.59 Å². The lowest BCUT2D eigenvalue weighted by Gasteiger charge is -2.34. The van der Waals surface area contributed by atoms with Crippen LogP contribution in [0.15, 0.2) is 46.1 Å². The maximum absolute atomic E-state index is 12.6. The van der Waals surface area contributed by atoms with Crippen LogP contribution in [0.3, 0.4) is 0 Å². The quantitative estimate of drug-likeness (QED) is 0.655. The second kappa shape index (κ2) is 7.95. The van der Waals surface area contributed by atoms with Crippen molar-refractivity contribution < 1.29 is 4.74 Å². The van der Waals surface area contributed by atoms with Gasteiger partial charge in [-0.15, -0.1) is 0 Å². The molecule has 0 amide bonds. The van der Waals surface area contributed by atoms with Crippen LogP contribution in [0.25, 0.3) is 11.0 Å². The zero-order valence-corrected chi connectivity index (χ0v) is 18.0. The molecule has 1 N–H and O–H groups in total. The van der Waals surface area contributed by atoms with Crippen molar-refractivity contribution in [3.05, 3.63) is 74.1 Å². The van der Waals surface area contributed by atoms with E-state index >= 15 is 0 Å². The lowest BCUT2D eigenvalue weighted by Crippen LogP contribution is -2.44. The molecule has 1 saturated heterocycles. The van der Waals surface area contributed by atoms with Gasteiger partial charge in [-0.05, 0) is 49.7 Å². The van der Waals surface area contributed by atoms with Gasteiger partial charge in [0.25, 0.3) is 11.1 Å². The second-order valence-electron chi connectivity index (χ2n) is 9.15. The summed E-state index contributed by atoms with van der Waals surface area (Å²) >= 11 is 0. The van der Waals surface area contributed by atoms with Crippen LogP contribution in [0.4, 0.5) is 0 Å². The van der Waals surface area contributed by atoms with Gasteiger partial charge in [0, 0.05) is 55.0 Å². The number of ether oxygens (including phenoxy) is 1. The number of fused-ring (bicyclic) bond motifs is 1. The number of hydrogen-bond donors (Lipinski definition) is 1.